The third-order valence-electron chi connectivity index (χ3n) is 3.39. The van der Waals surface area contributed by atoms with Crippen molar-refractivity contribution in [1.82, 2.24) is 9.97 Å². The van der Waals surface area contributed by atoms with E-state index in [2.05, 4.69) is 4.98 Å². The van der Waals surface area contributed by atoms with Crippen molar-refractivity contribution in [2.75, 3.05) is 17.3 Å². The Labute approximate surface area is 128 Å². The molecule has 0 spiro atoms. The molecule has 1 N–H and O–H groups in total. The summed E-state index contributed by atoms with van der Waals surface area (Å²) in [6.07, 6.45) is 0. The second-order valence-corrected chi connectivity index (χ2v) is 8.15. The van der Waals surface area contributed by atoms with E-state index in [9.17, 15) is 4.79 Å². The molecule has 2 aromatic heterocycles. The molecule has 0 radical (unpaired) electrons. The van der Waals surface area contributed by atoms with Gasteiger partial charge in [0, 0.05) is 27.3 Å². The van der Waals surface area contributed by atoms with Gasteiger partial charge >= 0.3 is 0 Å². The molecular formula is C14H12N2OS3. The van der Waals surface area contributed by atoms with E-state index < -0.39 is 0 Å². The minimum atomic E-state index is -0.00127. The molecule has 1 aliphatic heterocycles. The molecule has 0 amide bonds. The van der Waals surface area contributed by atoms with Gasteiger partial charge in [0.1, 0.15) is 10.7 Å². The van der Waals surface area contributed by atoms with Gasteiger partial charge in [0.2, 0.25) is 0 Å². The molecule has 6 heteroatoms. The molecule has 3 nitrogen and oxygen atoms in total. The summed E-state index contributed by atoms with van der Waals surface area (Å²) < 4.78 is 1.13. The number of hydrogen-bond donors (Lipinski definition) is 1. The van der Waals surface area contributed by atoms with Crippen LogP contribution in [-0.4, -0.2) is 27.2 Å². The number of benzene rings is 1. The lowest BCUT2D eigenvalue weighted by Crippen LogP contribution is -2.16. The molecule has 0 saturated carbocycles. The lowest BCUT2D eigenvalue weighted by Gasteiger charge is -2.19. The van der Waals surface area contributed by atoms with Crippen molar-refractivity contribution in [3.63, 3.8) is 0 Å². The van der Waals surface area contributed by atoms with Crippen LogP contribution in [0.5, 0.6) is 0 Å². The Balaban J connectivity index is 1.93. The van der Waals surface area contributed by atoms with Crippen LogP contribution in [-0.2, 0) is 0 Å². The molecular weight excluding hydrogens is 308 g/mol. The lowest BCUT2D eigenvalue weighted by atomic mass is 10.2. The van der Waals surface area contributed by atoms with Crippen LogP contribution in [0, 0.1) is 0 Å². The SMILES string of the molecule is O=c1[nH]c([C@@H]2CSCCS2)nc2sc3ccccc3c12. The number of nitrogens with zero attached hydrogens (tertiary/aromatic N) is 1. The topological polar surface area (TPSA) is 45.8 Å². The first-order chi connectivity index (χ1) is 9.83. The van der Waals surface area contributed by atoms with Gasteiger partial charge in [-0.15, -0.1) is 23.1 Å². The van der Waals surface area contributed by atoms with Crippen molar-refractivity contribution >= 4 is 55.2 Å². The third kappa shape index (κ3) is 2.06. The van der Waals surface area contributed by atoms with Crippen LogP contribution >= 0.6 is 34.9 Å². The highest BCUT2D eigenvalue weighted by Gasteiger charge is 2.20. The van der Waals surface area contributed by atoms with Gasteiger partial charge in [-0.2, -0.15) is 11.8 Å². The highest BCUT2D eigenvalue weighted by molar-refractivity contribution is 8.06. The number of H-pyrrole nitrogens is 1. The number of nitrogens with one attached hydrogen (secondary N) is 1. The molecule has 102 valence electrons. The fraction of sp³-hybridized carbons (Fsp3) is 0.286. The summed E-state index contributed by atoms with van der Waals surface area (Å²) in [6.45, 7) is 0. The first kappa shape index (κ1) is 12.7. The van der Waals surface area contributed by atoms with E-state index in [0.717, 1.165) is 37.6 Å². The molecule has 3 heterocycles. The first-order valence-corrected chi connectivity index (χ1v) is 9.46. The minimum absolute atomic E-state index is 0.00127. The second-order valence-electron chi connectivity index (χ2n) is 4.66. The quantitative estimate of drug-likeness (QED) is 0.743. The van der Waals surface area contributed by atoms with Gasteiger partial charge in [0.25, 0.3) is 5.56 Å². The lowest BCUT2D eigenvalue weighted by molar-refractivity contribution is 0.931. The summed E-state index contributed by atoms with van der Waals surface area (Å²) in [7, 11) is 0. The minimum Gasteiger partial charge on any atom is -0.309 e. The zero-order chi connectivity index (χ0) is 13.5. The second kappa shape index (κ2) is 5.09. The molecule has 20 heavy (non-hydrogen) atoms. The zero-order valence-corrected chi connectivity index (χ0v) is 13.0. The summed E-state index contributed by atoms with van der Waals surface area (Å²) in [6, 6.07) is 8.01. The van der Waals surface area contributed by atoms with Crippen molar-refractivity contribution in [3.8, 4) is 0 Å². The summed E-state index contributed by atoms with van der Waals surface area (Å²) in [5, 5.41) is 2.07. The average Bonchev–Trinajstić information content (AvgIpc) is 2.87. The van der Waals surface area contributed by atoms with Gasteiger partial charge in [0.15, 0.2) is 0 Å². The van der Waals surface area contributed by atoms with E-state index in [1.165, 1.54) is 5.75 Å². The van der Waals surface area contributed by atoms with Gasteiger partial charge in [-0.05, 0) is 6.07 Å². The number of aromatic amines is 1. The van der Waals surface area contributed by atoms with E-state index >= 15 is 0 Å². The highest BCUT2D eigenvalue weighted by atomic mass is 32.2. The molecule has 1 saturated heterocycles. The van der Waals surface area contributed by atoms with Crippen LogP contribution in [0.2, 0.25) is 0 Å². The fourth-order valence-corrected chi connectivity index (χ4v) is 6.15. The van der Waals surface area contributed by atoms with Crippen molar-refractivity contribution in [3.05, 3.63) is 40.4 Å². The van der Waals surface area contributed by atoms with Crippen molar-refractivity contribution in [2.45, 2.75) is 5.25 Å². The molecule has 4 rings (SSSR count). The standard InChI is InChI=1S/C14H12N2OS3/c17-13-11-8-3-1-2-4-9(8)20-14(11)16-12(15-13)10-7-18-5-6-19-10/h1-4,10H,5-7H2,(H,15,16,17)/t10-/m0/s1. The number of hydrogen-bond acceptors (Lipinski definition) is 5. The number of fused-ring (bicyclic) bond motifs is 3. The van der Waals surface area contributed by atoms with E-state index in [4.69, 9.17) is 4.98 Å². The smallest absolute Gasteiger partial charge is 0.260 e. The Morgan fingerprint density at radius 1 is 1.25 bits per heavy atom. The summed E-state index contributed by atoms with van der Waals surface area (Å²) in [4.78, 5) is 21.0. The van der Waals surface area contributed by atoms with E-state index in [1.807, 2.05) is 47.8 Å². The molecule has 0 unspecified atom stereocenters. The Hall–Kier alpha value is -0.980. The molecule has 1 aliphatic rings. The van der Waals surface area contributed by atoms with E-state index in [1.54, 1.807) is 11.3 Å². The molecule has 1 atom stereocenters. The molecule has 1 fully saturated rings. The van der Waals surface area contributed by atoms with Crippen LogP contribution < -0.4 is 5.56 Å². The van der Waals surface area contributed by atoms with Crippen LogP contribution in [0.15, 0.2) is 29.1 Å². The van der Waals surface area contributed by atoms with E-state index in [-0.39, 0.29) is 5.56 Å². The Bertz CT molecular complexity index is 833. The predicted octanol–water partition coefficient (Wildman–Crippen LogP) is 3.66. The molecule has 3 aromatic rings. The maximum atomic E-state index is 12.4. The first-order valence-electron chi connectivity index (χ1n) is 6.44. The van der Waals surface area contributed by atoms with Gasteiger partial charge < -0.3 is 4.98 Å². The number of thioether (sulfide) groups is 2. The van der Waals surface area contributed by atoms with Gasteiger partial charge in [-0.3, -0.25) is 4.79 Å². The summed E-state index contributed by atoms with van der Waals surface area (Å²) in [5.41, 5.74) is -0.00127. The summed E-state index contributed by atoms with van der Waals surface area (Å²) in [5.74, 6) is 4.19. The molecule has 0 bridgehead atoms. The Morgan fingerprint density at radius 3 is 3.00 bits per heavy atom. The fourth-order valence-electron chi connectivity index (χ4n) is 2.45. The monoisotopic (exact) mass is 320 g/mol. The maximum absolute atomic E-state index is 12.4. The number of thiophene rings is 1. The maximum Gasteiger partial charge on any atom is 0.260 e. The highest BCUT2D eigenvalue weighted by Crippen LogP contribution is 2.36. The van der Waals surface area contributed by atoms with Crippen LogP contribution in [0.3, 0.4) is 0 Å². The zero-order valence-electron chi connectivity index (χ0n) is 10.6. The third-order valence-corrected chi connectivity index (χ3v) is 7.22. The van der Waals surface area contributed by atoms with Crippen LogP contribution in [0.1, 0.15) is 11.1 Å². The normalized spacial score (nSPS) is 19.7. The van der Waals surface area contributed by atoms with Crippen LogP contribution in [0.4, 0.5) is 0 Å². The van der Waals surface area contributed by atoms with Crippen molar-refractivity contribution < 1.29 is 0 Å². The molecule has 1 aromatic carbocycles. The van der Waals surface area contributed by atoms with Gasteiger partial charge in [-0.1, -0.05) is 18.2 Å². The predicted molar refractivity (Wildman–Crippen MR) is 90.3 cm³/mol. The number of rotatable bonds is 1. The van der Waals surface area contributed by atoms with E-state index in [0.29, 0.717) is 5.25 Å². The summed E-state index contributed by atoms with van der Waals surface area (Å²) >= 11 is 5.43. The largest absolute Gasteiger partial charge is 0.309 e. The van der Waals surface area contributed by atoms with Crippen molar-refractivity contribution in [1.29, 1.82) is 0 Å². The Kier molecular flexibility index (Phi) is 3.24. The van der Waals surface area contributed by atoms with Crippen LogP contribution in [0.25, 0.3) is 20.3 Å². The van der Waals surface area contributed by atoms with Gasteiger partial charge in [0.05, 0.1) is 10.6 Å². The Morgan fingerprint density at radius 2 is 2.15 bits per heavy atom. The molecule has 0 aliphatic carbocycles. The van der Waals surface area contributed by atoms with Gasteiger partial charge in [-0.25, -0.2) is 4.98 Å². The number of aromatic nitrogens is 2. The average molecular weight is 320 g/mol. The van der Waals surface area contributed by atoms with Crippen molar-refractivity contribution in [2.24, 2.45) is 0 Å².